The maximum Gasteiger partial charge on any atom is 0.407 e. The van der Waals surface area contributed by atoms with Gasteiger partial charge in [0.25, 0.3) is 0 Å². The number of rotatable bonds is 26. The second-order valence-electron chi connectivity index (χ2n) is 35.7. The number of nitrogen functional groups attached to an aromatic ring is 1. The van der Waals surface area contributed by atoms with Gasteiger partial charge in [-0.2, -0.15) is 0 Å². The molecule has 0 bridgehead atoms. The van der Waals surface area contributed by atoms with Crippen LogP contribution in [0, 0.1) is 29.6 Å². The van der Waals surface area contributed by atoms with E-state index in [-0.39, 0.29) is 115 Å². The maximum absolute atomic E-state index is 12.0. The predicted octanol–water partition coefficient (Wildman–Crippen LogP) is 13.8. The third-order valence-corrected chi connectivity index (χ3v) is 22.9. The Morgan fingerprint density at radius 2 is 0.651 bits per heavy atom. The number of amides is 7. The summed E-state index contributed by atoms with van der Waals surface area (Å²) in [7, 11) is 1.33. The first-order chi connectivity index (χ1) is 62.2. The molecule has 6 saturated heterocycles. The van der Waals surface area contributed by atoms with Crippen LogP contribution in [-0.2, 0) is 99.4 Å². The third-order valence-electron chi connectivity index (χ3n) is 22.9. The third kappa shape index (κ3) is 30.5. The Labute approximate surface area is 749 Å². The highest BCUT2D eigenvalue weighted by Gasteiger charge is 2.37. The van der Waals surface area contributed by atoms with Gasteiger partial charge < -0.3 is 90.7 Å². The minimum absolute atomic E-state index is 0.0144. The number of azide groups is 2. The van der Waals surface area contributed by atoms with E-state index in [1.54, 1.807) is 12.1 Å². The van der Waals surface area contributed by atoms with Crippen molar-refractivity contribution in [1.82, 2.24) is 40.5 Å². The fourth-order valence-electron chi connectivity index (χ4n) is 15.2. The van der Waals surface area contributed by atoms with Crippen LogP contribution in [-0.4, -0.2) is 180 Å². The Hall–Kier alpha value is -11.6. The van der Waals surface area contributed by atoms with Crippen LogP contribution in [0.3, 0.4) is 0 Å². The van der Waals surface area contributed by atoms with Gasteiger partial charge in [-0.05, 0) is 225 Å². The van der Waals surface area contributed by atoms with Crippen molar-refractivity contribution in [2.24, 2.45) is 39.8 Å². The van der Waals surface area contributed by atoms with E-state index in [0.29, 0.717) is 105 Å². The second kappa shape index (κ2) is 46.6. The normalized spacial score (nSPS) is 20.6. The number of pyridine rings is 6. The Morgan fingerprint density at radius 1 is 0.388 bits per heavy atom. The minimum Gasteiger partial charge on any atom is -0.464 e. The number of hydrogen-bond acceptors (Lipinski definition) is 27. The summed E-state index contributed by atoms with van der Waals surface area (Å²) in [6.45, 7) is 20.1. The summed E-state index contributed by atoms with van der Waals surface area (Å²) in [5.74, 6) is 4.75. The van der Waals surface area contributed by atoms with Crippen LogP contribution in [0.15, 0.2) is 83.0 Å². The molecule has 6 aliphatic heterocycles. The van der Waals surface area contributed by atoms with E-state index in [1.807, 2.05) is 102 Å². The molecule has 12 heterocycles. The van der Waals surface area contributed by atoms with E-state index >= 15 is 0 Å². The fraction of sp³-hybridized carbons (Fsp3) is 0.582. The van der Waals surface area contributed by atoms with Crippen molar-refractivity contribution >= 4 is 82.6 Å². The molecule has 10 N–H and O–H groups in total. The highest BCUT2D eigenvalue weighted by Crippen LogP contribution is 2.39. The van der Waals surface area contributed by atoms with Crippen molar-refractivity contribution < 1.29 is 86.1 Å². The summed E-state index contributed by atoms with van der Waals surface area (Å²) >= 11 is 0. The number of nitrogens with two attached hydrogens (primary N) is 1. The smallest absolute Gasteiger partial charge is 0.407 e. The standard InChI is InChI=1S/C19H27N3O4.C15H23N3O3.C15H18N2O4.2C14H17N5O2.C14H18N2O3/c1-19(2,3)26-18(24)20-10-15-14(13-8-9-25-11-13)6-7-16(21-15)22-17(23)12-4-5-12;1-15(2,3)21-14(19)17-8-12-11(4-5-13(16)18-12)10-6-7-20-9-10;1-20-15(19)13-11(10-6-7-21-8-10)4-5-12(16-13)17-14(18)9-2-3-9;2*15-19-16-7-12-11(10-5-6-21-8-10)3-4-13(17-12)18-14(20)9-1-2-9;17-7-12-11(10-5-6-19-8-10)3-4-13(15-12)16-14(18)9-1-2-9/h6-7,12-13H,4-5,8-11H2,1-3H3,(H,20,24)(H,21,22,23);4-5,10H,6-9H2,1-3H3,(H2,16,18)(H,17,19);4-5,9-10H,2-3,6-8H2,1H3,(H,16,17,18);2*3-4,9-10H,1-2,5-8H2,(H,17,18,20);3-4,9-10,17H,1-2,5-8H2,(H,15,16,18). The molecular formula is C91H120N20O18. The molecular weight excluding hydrogens is 1660 g/mol. The second-order valence-corrected chi connectivity index (χ2v) is 35.7. The Morgan fingerprint density at radius 3 is 0.930 bits per heavy atom. The van der Waals surface area contributed by atoms with Crippen LogP contribution >= 0.6 is 0 Å². The summed E-state index contributed by atoms with van der Waals surface area (Å²) in [6.07, 6.45) is 14.1. The molecule has 6 unspecified atom stereocenters. The van der Waals surface area contributed by atoms with Crippen LogP contribution in [0.4, 0.5) is 44.5 Å². The molecule has 11 fully saturated rings. The van der Waals surface area contributed by atoms with Crippen LogP contribution in [0.5, 0.6) is 0 Å². The van der Waals surface area contributed by atoms with Crippen molar-refractivity contribution in [2.45, 2.75) is 224 Å². The number of anilines is 6. The highest BCUT2D eigenvalue weighted by molar-refractivity contribution is 5.96. The molecule has 17 rings (SSSR count). The van der Waals surface area contributed by atoms with Gasteiger partial charge in [-0.3, -0.25) is 24.0 Å². The zero-order chi connectivity index (χ0) is 91.6. The summed E-state index contributed by atoms with van der Waals surface area (Å²) in [6, 6.07) is 22.4. The molecule has 5 saturated carbocycles. The van der Waals surface area contributed by atoms with Gasteiger partial charge in [0, 0.05) is 115 Å². The van der Waals surface area contributed by atoms with E-state index in [4.69, 9.17) is 59.4 Å². The summed E-state index contributed by atoms with van der Waals surface area (Å²) in [5.41, 5.74) is 31.6. The molecule has 692 valence electrons. The number of aliphatic hydroxyl groups excluding tert-OH is 1. The molecule has 0 radical (unpaired) electrons. The van der Waals surface area contributed by atoms with Gasteiger partial charge >= 0.3 is 18.2 Å². The first kappa shape index (κ1) is 96.5. The van der Waals surface area contributed by atoms with Gasteiger partial charge in [-0.25, -0.2) is 44.3 Å². The average molecular weight is 1780 g/mol. The number of hydrogen-bond donors (Lipinski definition) is 9. The van der Waals surface area contributed by atoms with Crippen LogP contribution < -0.4 is 43.0 Å². The zero-order valence-electron chi connectivity index (χ0n) is 74.4. The molecule has 6 aromatic rings. The molecule has 6 atom stereocenters. The number of methoxy groups -OCH3 is 1. The average Bonchev–Trinajstić information content (AvgIpc) is 1.79. The lowest BCUT2D eigenvalue weighted by molar-refractivity contribution is -0.118. The van der Waals surface area contributed by atoms with E-state index < -0.39 is 29.4 Å². The predicted molar refractivity (Wildman–Crippen MR) is 475 cm³/mol. The van der Waals surface area contributed by atoms with Crippen molar-refractivity contribution in [2.75, 3.05) is 119 Å². The van der Waals surface area contributed by atoms with E-state index in [0.717, 1.165) is 192 Å². The number of ether oxygens (including phenoxy) is 9. The molecule has 7 amide bonds. The topological polar surface area (TPSA) is 525 Å². The first-order valence-corrected chi connectivity index (χ1v) is 44.6. The van der Waals surface area contributed by atoms with Crippen LogP contribution in [0.25, 0.3) is 20.9 Å². The zero-order valence-corrected chi connectivity index (χ0v) is 74.4. The lowest BCUT2D eigenvalue weighted by Gasteiger charge is -2.20. The van der Waals surface area contributed by atoms with Gasteiger partial charge in [-0.15, -0.1) is 0 Å². The van der Waals surface area contributed by atoms with Gasteiger partial charge in [0.2, 0.25) is 29.5 Å². The summed E-state index contributed by atoms with van der Waals surface area (Å²) < 4.78 is 47.7. The molecule has 129 heavy (non-hydrogen) atoms. The highest BCUT2D eigenvalue weighted by atomic mass is 16.6. The SMILES string of the molecule is CC(C)(C)OC(=O)NCc1nc(N)ccc1C1CCOC1.CC(C)(C)OC(=O)NCc1nc(NC(=O)C2CC2)ccc1C1CCOC1.COC(=O)c1nc(NC(=O)C2CC2)ccc1C1CCOC1.O=C(Nc1ccc(C2CCOC2)c(CO)n1)C1CC1.[N-]=[N+]=NCc1nc(NC(=O)C2CC2)ccc1C1CCOC1.[N-]=[N+]=NCc1nc(NC(=O)C2CC2)ccc1C1CCOC1. The molecule has 6 aromatic heterocycles. The minimum atomic E-state index is -0.556. The van der Waals surface area contributed by atoms with Gasteiger partial charge in [0.05, 0.1) is 108 Å². The van der Waals surface area contributed by atoms with Gasteiger partial charge in [0.15, 0.2) is 5.69 Å². The number of alkyl carbamates (subject to hydrolysis) is 2. The first-order valence-electron chi connectivity index (χ1n) is 44.6. The molecule has 38 nitrogen and oxygen atoms in total. The Bertz CT molecular complexity index is 4870. The number of esters is 1. The number of nitrogens with one attached hydrogen (secondary N) is 7. The van der Waals surface area contributed by atoms with E-state index in [1.165, 1.54) is 7.11 Å². The van der Waals surface area contributed by atoms with E-state index in [9.17, 15) is 43.5 Å². The molecule has 0 spiro atoms. The Kier molecular flexibility index (Phi) is 34.8. The van der Waals surface area contributed by atoms with Crippen LogP contribution in [0.2, 0.25) is 0 Å². The van der Waals surface area contributed by atoms with E-state index in [2.05, 4.69) is 87.2 Å². The Balaban J connectivity index is 0.000000141. The number of aromatic nitrogens is 6. The monoisotopic (exact) mass is 1780 g/mol. The van der Waals surface area contributed by atoms with Gasteiger partial charge in [-0.1, -0.05) is 46.6 Å². The molecule has 38 heteroatoms. The van der Waals surface area contributed by atoms with Crippen molar-refractivity contribution in [3.05, 3.63) is 161 Å². The summed E-state index contributed by atoms with van der Waals surface area (Å²) in [4.78, 5) is 127. The van der Waals surface area contributed by atoms with Crippen LogP contribution in [0.1, 0.15) is 252 Å². The number of aliphatic hydroxyl groups is 1. The largest absolute Gasteiger partial charge is 0.464 e. The van der Waals surface area contributed by atoms with Crippen molar-refractivity contribution in [1.29, 1.82) is 0 Å². The molecule has 11 aliphatic rings. The van der Waals surface area contributed by atoms with Crippen molar-refractivity contribution in [3.8, 4) is 0 Å². The maximum atomic E-state index is 12.0. The van der Waals surface area contributed by atoms with Crippen molar-refractivity contribution in [3.63, 3.8) is 0 Å². The molecule has 5 aliphatic carbocycles. The molecule has 0 aromatic carbocycles. The van der Waals surface area contributed by atoms with Gasteiger partial charge in [0.1, 0.15) is 46.1 Å². The fourth-order valence-corrected chi connectivity index (χ4v) is 15.2. The number of carbonyl (C=O) groups is 8. The quantitative estimate of drug-likeness (QED) is 0.00800. The number of carbonyl (C=O) groups excluding carboxylic acids is 8. The lowest BCUT2D eigenvalue weighted by atomic mass is 9.96. The lowest BCUT2D eigenvalue weighted by Crippen LogP contribution is -2.32. The summed E-state index contributed by atoms with van der Waals surface area (Å²) in [5, 5.41) is 36.2. The number of nitrogens with zero attached hydrogens (tertiary/aromatic N) is 12.